The molecule has 0 saturated carbocycles. The van der Waals surface area contributed by atoms with Crippen molar-refractivity contribution in [2.75, 3.05) is 6.54 Å². The summed E-state index contributed by atoms with van der Waals surface area (Å²) in [7, 11) is 0. The summed E-state index contributed by atoms with van der Waals surface area (Å²) < 4.78 is 13.3. The van der Waals surface area contributed by atoms with Crippen molar-refractivity contribution in [3.8, 4) is 0 Å². The first kappa shape index (κ1) is 21.2. The minimum Gasteiger partial charge on any atom is -0.507 e. The summed E-state index contributed by atoms with van der Waals surface area (Å²) in [6.45, 7) is 2.05. The van der Waals surface area contributed by atoms with Crippen molar-refractivity contribution in [2.24, 2.45) is 0 Å². The zero-order chi connectivity index (χ0) is 21.8. The van der Waals surface area contributed by atoms with E-state index in [1.807, 2.05) is 19.1 Å². The number of carbonyl (C=O) groups excluding carboxylic acids is 2. The first-order valence-electron chi connectivity index (χ1n) is 9.68. The van der Waals surface area contributed by atoms with Crippen LogP contribution in [0.25, 0.3) is 5.76 Å². The van der Waals surface area contributed by atoms with Crippen LogP contribution in [0.2, 0.25) is 0 Å². The average Bonchev–Trinajstić information content (AvgIpc) is 2.98. The number of amides is 1. The monoisotopic (exact) mass is 411 g/mol. The highest BCUT2D eigenvalue weighted by atomic mass is 19.1. The summed E-state index contributed by atoms with van der Waals surface area (Å²) in [5.74, 6) is -3.53. The van der Waals surface area contributed by atoms with Gasteiger partial charge in [-0.15, -0.1) is 0 Å². The normalized spacial score (nSPS) is 18.1. The second kappa shape index (κ2) is 8.90. The van der Waals surface area contributed by atoms with Gasteiger partial charge in [-0.05, 0) is 48.2 Å². The van der Waals surface area contributed by atoms with Crippen LogP contribution in [-0.2, 0) is 20.8 Å². The first-order chi connectivity index (χ1) is 14.3. The summed E-state index contributed by atoms with van der Waals surface area (Å²) >= 11 is 0. The molecule has 0 bridgehead atoms. The Labute approximate surface area is 173 Å². The quantitative estimate of drug-likeness (QED) is 0.412. The molecule has 1 amide bonds. The number of aliphatic carboxylic acids is 1. The average molecular weight is 411 g/mol. The maximum absolute atomic E-state index is 13.3. The molecule has 1 heterocycles. The molecule has 6 nitrogen and oxygen atoms in total. The number of carboxylic acid groups (broad SMARTS) is 1. The minimum absolute atomic E-state index is 0.0528. The van der Waals surface area contributed by atoms with Crippen molar-refractivity contribution in [2.45, 2.75) is 32.2 Å². The maximum atomic E-state index is 13.3. The lowest BCUT2D eigenvalue weighted by atomic mass is 9.94. The van der Waals surface area contributed by atoms with Crippen LogP contribution in [0, 0.1) is 5.82 Å². The number of carboxylic acids is 1. The van der Waals surface area contributed by atoms with Gasteiger partial charge >= 0.3 is 5.97 Å². The molecule has 2 N–H and O–H groups in total. The van der Waals surface area contributed by atoms with Gasteiger partial charge in [0, 0.05) is 18.5 Å². The SMILES string of the molecule is CCc1ccc([C@H]2/C(=C(\O)c3ccc(F)cc3)C(=O)C(=O)N2CCCC(=O)O)cc1. The van der Waals surface area contributed by atoms with Crippen molar-refractivity contribution in [3.05, 3.63) is 76.6 Å². The molecular formula is C23H22FNO5. The third kappa shape index (κ3) is 4.25. The number of ketones is 1. The van der Waals surface area contributed by atoms with Gasteiger partial charge in [-0.3, -0.25) is 14.4 Å². The molecule has 7 heteroatoms. The fourth-order valence-corrected chi connectivity index (χ4v) is 3.56. The van der Waals surface area contributed by atoms with E-state index < -0.39 is 35.3 Å². The van der Waals surface area contributed by atoms with Gasteiger partial charge in [-0.25, -0.2) is 4.39 Å². The summed E-state index contributed by atoms with van der Waals surface area (Å²) in [6, 6.07) is 11.5. The summed E-state index contributed by atoms with van der Waals surface area (Å²) in [5.41, 5.74) is 1.83. The van der Waals surface area contributed by atoms with E-state index in [9.17, 15) is 23.9 Å². The molecule has 2 aromatic carbocycles. The van der Waals surface area contributed by atoms with E-state index in [1.54, 1.807) is 12.1 Å². The number of benzene rings is 2. The fourth-order valence-electron chi connectivity index (χ4n) is 3.56. The van der Waals surface area contributed by atoms with E-state index in [1.165, 1.54) is 17.0 Å². The highest BCUT2D eigenvalue weighted by Gasteiger charge is 2.45. The second-order valence-corrected chi connectivity index (χ2v) is 7.09. The van der Waals surface area contributed by atoms with Crippen molar-refractivity contribution in [3.63, 3.8) is 0 Å². The highest BCUT2D eigenvalue weighted by molar-refractivity contribution is 6.46. The van der Waals surface area contributed by atoms with Gasteiger partial charge in [-0.1, -0.05) is 31.2 Å². The van der Waals surface area contributed by atoms with Crippen LogP contribution < -0.4 is 0 Å². The number of nitrogens with zero attached hydrogens (tertiary/aromatic N) is 1. The van der Waals surface area contributed by atoms with E-state index in [0.717, 1.165) is 24.1 Å². The number of aliphatic hydroxyl groups excluding tert-OH is 1. The Bertz CT molecular complexity index is 995. The van der Waals surface area contributed by atoms with E-state index in [2.05, 4.69) is 0 Å². The van der Waals surface area contributed by atoms with Crippen molar-refractivity contribution in [1.82, 2.24) is 4.90 Å². The number of likely N-dealkylation sites (tertiary alicyclic amines) is 1. The maximum Gasteiger partial charge on any atom is 0.303 e. The molecule has 0 unspecified atom stereocenters. The largest absolute Gasteiger partial charge is 0.507 e. The van der Waals surface area contributed by atoms with Crippen LogP contribution >= 0.6 is 0 Å². The van der Waals surface area contributed by atoms with Crippen molar-refractivity contribution >= 4 is 23.4 Å². The standard InChI is InChI=1S/C23H22FNO5/c1-2-14-5-7-15(8-6-14)20-19(21(28)16-9-11-17(24)12-10-16)22(29)23(30)25(20)13-3-4-18(26)27/h5-12,20,28H,2-4,13H2,1H3,(H,26,27)/b21-19+/t20-/m0/s1. The number of rotatable bonds is 7. The Balaban J connectivity index is 2.08. The molecule has 2 aromatic rings. The zero-order valence-corrected chi connectivity index (χ0v) is 16.5. The molecule has 0 radical (unpaired) electrons. The Morgan fingerprint density at radius 3 is 2.23 bits per heavy atom. The topological polar surface area (TPSA) is 94.9 Å². The van der Waals surface area contributed by atoms with Gasteiger partial charge in [0.1, 0.15) is 11.6 Å². The number of hydrogen-bond acceptors (Lipinski definition) is 4. The number of aryl methyl sites for hydroxylation is 1. The molecule has 1 saturated heterocycles. The molecule has 1 atom stereocenters. The number of halogens is 1. The summed E-state index contributed by atoms with van der Waals surface area (Å²) in [5, 5.41) is 19.7. The van der Waals surface area contributed by atoms with Gasteiger partial charge in [-0.2, -0.15) is 0 Å². The molecular weight excluding hydrogens is 389 g/mol. The van der Waals surface area contributed by atoms with E-state index >= 15 is 0 Å². The fraction of sp³-hybridized carbons (Fsp3) is 0.261. The van der Waals surface area contributed by atoms with E-state index in [-0.39, 0.29) is 30.5 Å². The van der Waals surface area contributed by atoms with Crippen LogP contribution in [0.15, 0.2) is 54.1 Å². The van der Waals surface area contributed by atoms with Crippen molar-refractivity contribution < 1.29 is 29.0 Å². The zero-order valence-electron chi connectivity index (χ0n) is 16.5. The van der Waals surface area contributed by atoms with Gasteiger partial charge in [0.25, 0.3) is 11.7 Å². The van der Waals surface area contributed by atoms with Crippen LogP contribution in [-0.4, -0.2) is 39.3 Å². The second-order valence-electron chi connectivity index (χ2n) is 7.09. The lowest BCUT2D eigenvalue weighted by Crippen LogP contribution is -2.31. The van der Waals surface area contributed by atoms with Gasteiger partial charge in [0.15, 0.2) is 0 Å². The molecule has 1 fully saturated rings. The molecule has 1 aliphatic heterocycles. The molecule has 30 heavy (non-hydrogen) atoms. The van der Waals surface area contributed by atoms with Gasteiger partial charge in [0.2, 0.25) is 0 Å². The van der Waals surface area contributed by atoms with Crippen molar-refractivity contribution in [1.29, 1.82) is 0 Å². The number of carbonyl (C=O) groups is 3. The predicted molar refractivity (Wildman–Crippen MR) is 108 cm³/mol. The van der Waals surface area contributed by atoms with Crippen LogP contribution in [0.1, 0.15) is 42.5 Å². The molecule has 0 aromatic heterocycles. The smallest absolute Gasteiger partial charge is 0.303 e. The number of hydrogen-bond donors (Lipinski definition) is 2. The third-order valence-corrected chi connectivity index (χ3v) is 5.15. The number of aliphatic hydroxyl groups is 1. The first-order valence-corrected chi connectivity index (χ1v) is 9.68. The molecule has 3 rings (SSSR count). The van der Waals surface area contributed by atoms with E-state index in [4.69, 9.17) is 5.11 Å². The third-order valence-electron chi connectivity index (χ3n) is 5.15. The van der Waals surface area contributed by atoms with Crippen LogP contribution in [0.5, 0.6) is 0 Å². The Morgan fingerprint density at radius 2 is 1.67 bits per heavy atom. The predicted octanol–water partition coefficient (Wildman–Crippen LogP) is 3.67. The summed E-state index contributed by atoms with van der Waals surface area (Å²) in [6.07, 6.45) is 0.833. The van der Waals surface area contributed by atoms with Crippen LogP contribution in [0.3, 0.4) is 0 Å². The Hall–Kier alpha value is -3.48. The highest BCUT2D eigenvalue weighted by Crippen LogP contribution is 2.39. The van der Waals surface area contributed by atoms with E-state index in [0.29, 0.717) is 5.56 Å². The molecule has 156 valence electrons. The van der Waals surface area contributed by atoms with Crippen LogP contribution in [0.4, 0.5) is 4.39 Å². The lowest BCUT2D eigenvalue weighted by Gasteiger charge is -2.25. The molecule has 0 aliphatic carbocycles. The lowest BCUT2D eigenvalue weighted by molar-refractivity contribution is -0.140. The Kier molecular flexibility index (Phi) is 6.30. The van der Waals surface area contributed by atoms with Gasteiger partial charge < -0.3 is 15.1 Å². The molecule has 1 aliphatic rings. The summed E-state index contributed by atoms with van der Waals surface area (Å²) in [4.78, 5) is 37.7. The Morgan fingerprint density at radius 1 is 1.03 bits per heavy atom. The minimum atomic E-state index is -0.998. The number of Topliss-reactive ketones (excluding diaryl/α,β-unsaturated/α-hetero) is 1. The molecule has 0 spiro atoms. The van der Waals surface area contributed by atoms with Gasteiger partial charge in [0.05, 0.1) is 11.6 Å².